The minimum Gasteiger partial charge on any atom is -0.433 e. The Morgan fingerprint density at radius 2 is 1.94 bits per heavy atom. The zero-order chi connectivity index (χ0) is 12.0. The van der Waals surface area contributed by atoms with Crippen LogP contribution in [0.3, 0.4) is 0 Å². The Hall–Kier alpha value is -0.780. The number of hydrogen-bond donors (Lipinski definition) is 1. The van der Waals surface area contributed by atoms with Crippen LogP contribution in [0.4, 0.5) is 4.79 Å². The van der Waals surface area contributed by atoms with E-state index in [4.69, 9.17) is 0 Å². The van der Waals surface area contributed by atoms with Crippen LogP contribution in [-0.2, 0) is 14.6 Å². The van der Waals surface area contributed by atoms with E-state index in [1.54, 1.807) is 0 Å². The van der Waals surface area contributed by atoms with Gasteiger partial charge in [-0.05, 0) is 12.8 Å². The third-order valence-corrected chi connectivity index (χ3v) is 4.09. The lowest BCUT2D eigenvalue weighted by Gasteiger charge is -2.22. The molecule has 1 amide bonds. The van der Waals surface area contributed by atoms with Gasteiger partial charge in [-0.15, -0.1) is 0 Å². The van der Waals surface area contributed by atoms with Crippen molar-refractivity contribution in [2.45, 2.75) is 45.1 Å². The van der Waals surface area contributed by atoms with Gasteiger partial charge in [0.2, 0.25) is 0 Å². The second-order valence-corrected chi connectivity index (χ2v) is 6.36. The highest BCUT2D eigenvalue weighted by molar-refractivity contribution is 7.91. The normalized spacial score (nSPS) is 18.1. The number of hydrogen-bond acceptors (Lipinski definition) is 4. The molecule has 6 heteroatoms. The zero-order valence-electron chi connectivity index (χ0n) is 9.57. The Balaban J connectivity index is 2.25. The summed E-state index contributed by atoms with van der Waals surface area (Å²) < 4.78 is 26.8. The smallest absolute Gasteiger partial charge is 0.408 e. The first-order valence-corrected chi connectivity index (χ1v) is 7.49. The summed E-state index contributed by atoms with van der Waals surface area (Å²) in [5.74, 6) is -0.536. The van der Waals surface area contributed by atoms with Gasteiger partial charge in [0.15, 0.2) is 15.8 Å². The highest BCUT2D eigenvalue weighted by atomic mass is 32.2. The van der Waals surface area contributed by atoms with Crippen LogP contribution in [0.5, 0.6) is 0 Å². The van der Waals surface area contributed by atoms with Crippen LogP contribution in [0, 0.1) is 0 Å². The lowest BCUT2D eigenvalue weighted by molar-refractivity contribution is 0.156. The van der Waals surface area contributed by atoms with Gasteiger partial charge in [-0.1, -0.05) is 26.2 Å². The van der Waals surface area contributed by atoms with Gasteiger partial charge in [-0.3, -0.25) is 0 Å². The summed E-state index contributed by atoms with van der Waals surface area (Å²) in [6.07, 6.45) is 4.71. The van der Waals surface area contributed by atoms with Gasteiger partial charge < -0.3 is 10.1 Å². The second-order valence-electron chi connectivity index (χ2n) is 4.06. The Bertz CT molecular complexity index is 320. The van der Waals surface area contributed by atoms with E-state index in [1.807, 2.05) is 0 Å². The second kappa shape index (κ2) is 6.08. The molecule has 0 aromatic carbocycles. The predicted molar refractivity (Wildman–Crippen MR) is 60.8 cm³/mol. The molecule has 0 aromatic heterocycles. The molecule has 0 atom stereocenters. The third-order valence-electron chi connectivity index (χ3n) is 2.74. The molecule has 1 aliphatic rings. The number of rotatable bonds is 4. The van der Waals surface area contributed by atoms with Gasteiger partial charge in [0.1, 0.15) is 0 Å². The summed E-state index contributed by atoms with van der Waals surface area (Å²) in [6, 6.07) is 0.144. The van der Waals surface area contributed by atoms with Crippen molar-refractivity contribution in [2.75, 3.05) is 11.7 Å². The van der Waals surface area contributed by atoms with Crippen molar-refractivity contribution in [2.24, 2.45) is 0 Å². The molecule has 5 nitrogen and oxygen atoms in total. The molecule has 0 saturated heterocycles. The highest BCUT2D eigenvalue weighted by Gasteiger charge is 2.17. The summed E-state index contributed by atoms with van der Waals surface area (Å²) in [7, 11) is -3.24. The van der Waals surface area contributed by atoms with Crippen molar-refractivity contribution in [3.63, 3.8) is 0 Å². The lowest BCUT2D eigenvalue weighted by atomic mass is 9.96. The Morgan fingerprint density at radius 1 is 1.31 bits per heavy atom. The molecular weight excluding hydrogens is 230 g/mol. The van der Waals surface area contributed by atoms with E-state index in [1.165, 1.54) is 13.3 Å². The highest BCUT2D eigenvalue weighted by Crippen LogP contribution is 2.17. The van der Waals surface area contributed by atoms with Crippen LogP contribution in [0.15, 0.2) is 0 Å². The average Bonchev–Trinajstić information content (AvgIpc) is 2.28. The minimum absolute atomic E-state index is 0.0102. The summed E-state index contributed by atoms with van der Waals surface area (Å²) in [5.41, 5.74) is 0. The summed E-state index contributed by atoms with van der Waals surface area (Å²) in [6.45, 7) is 1.53. The van der Waals surface area contributed by atoms with Crippen LogP contribution in [0.1, 0.15) is 39.0 Å². The number of carbonyl (C=O) groups excluding carboxylic acids is 1. The molecule has 16 heavy (non-hydrogen) atoms. The molecule has 94 valence electrons. The van der Waals surface area contributed by atoms with Crippen molar-refractivity contribution in [3.8, 4) is 0 Å². The molecule has 1 N–H and O–H groups in total. The zero-order valence-corrected chi connectivity index (χ0v) is 10.4. The van der Waals surface area contributed by atoms with Crippen molar-refractivity contribution < 1.29 is 17.9 Å². The van der Waals surface area contributed by atoms with Gasteiger partial charge >= 0.3 is 6.09 Å². The van der Waals surface area contributed by atoms with E-state index in [0.717, 1.165) is 25.7 Å². The minimum atomic E-state index is -3.24. The van der Waals surface area contributed by atoms with Crippen LogP contribution < -0.4 is 5.32 Å². The third kappa shape index (κ3) is 4.83. The fraction of sp³-hybridized carbons (Fsp3) is 0.900. The maximum absolute atomic E-state index is 11.3. The molecule has 1 fully saturated rings. The molecule has 1 saturated carbocycles. The molecule has 1 aliphatic carbocycles. The fourth-order valence-electron chi connectivity index (χ4n) is 1.68. The van der Waals surface area contributed by atoms with E-state index < -0.39 is 21.9 Å². The predicted octanol–water partition coefficient (Wildman–Crippen LogP) is 1.44. The van der Waals surface area contributed by atoms with Crippen LogP contribution in [0.25, 0.3) is 0 Å². The van der Waals surface area contributed by atoms with Crippen molar-refractivity contribution in [1.82, 2.24) is 5.32 Å². The van der Waals surface area contributed by atoms with Gasteiger partial charge in [0.25, 0.3) is 0 Å². The van der Waals surface area contributed by atoms with Crippen molar-refractivity contribution in [1.29, 1.82) is 0 Å². The van der Waals surface area contributed by atoms with Crippen LogP contribution >= 0.6 is 0 Å². The standard InChI is InChI=1S/C10H19NO4S/c1-2-16(13,14)8-15-10(12)11-9-6-4-3-5-7-9/h9H,2-8H2,1H3,(H,11,12). The van der Waals surface area contributed by atoms with E-state index in [-0.39, 0.29) is 11.8 Å². The number of sulfone groups is 1. The first-order valence-electron chi connectivity index (χ1n) is 5.67. The molecule has 0 aliphatic heterocycles. The average molecular weight is 249 g/mol. The van der Waals surface area contributed by atoms with E-state index in [9.17, 15) is 13.2 Å². The molecule has 0 unspecified atom stereocenters. The molecular formula is C10H19NO4S. The van der Waals surface area contributed by atoms with Crippen LogP contribution in [-0.4, -0.2) is 32.2 Å². The molecule has 1 rings (SSSR count). The van der Waals surface area contributed by atoms with E-state index in [0.29, 0.717) is 0 Å². The first-order chi connectivity index (χ1) is 7.53. The lowest BCUT2D eigenvalue weighted by Crippen LogP contribution is -2.37. The SMILES string of the molecule is CCS(=O)(=O)COC(=O)NC1CCCCC1. The van der Waals surface area contributed by atoms with E-state index >= 15 is 0 Å². The molecule has 0 aromatic rings. The number of carbonyl (C=O) groups is 1. The fourth-order valence-corrected chi connectivity index (χ4v) is 2.14. The number of alkyl carbamates (subject to hydrolysis) is 1. The van der Waals surface area contributed by atoms with Crippen LogP contribution in [0.2, 0.25) is 0 Å². The van der Waals surface area contributed by atoms with Gasteiger partial charge in [0.05, 0.1) is 5.75 Å². The number of ether oxygens (including phenoxy) is 1. The Morgan fingerprint density at radius 3 is 2.50 bits per heavy atom. The summed E-state index contributed by atoms with van der Waals surface area (Å²) in [4.78, 5) is 11.3. The first kappa shape index (κ1) is 13.3. The quantitative estimate of drug-likeness (QED) is 0.818. The molecule has 0 spiro atoms. The Labute approximate surface area is 96.5 Å². The number of amides is 1. The molecule has 0 radical (unpaired) electrons. The van der Waals surface area contributed by atoms with Crippen molar-refractivity contribution in [3.05, 3.63) is 0 Å². The number of nitrogens with one attached hydrogen (secondary N) is 1. The monoisotopic (exact) mass is 249 g/mol. The van der Waals surface area contributed by atoms with Gasteiger partial charge in [-0.25, -0.2) is 13.2 Å². The maximum Gasteiger partial charge on any atom is 0.408 e. The summed E-state index contributed by atoms with van der Waals surface area (Å²) >= 11 is 0. The largest absolute Gasteiger partial charge is 0.433 e. The van der Waals surface area contributed by atoms with Crippen molar-refractivity contribution >= 4 is 15.9 Å². The maximum atomic E-state index is 11.3. The molecule has 0 bridgehead atoms. The van der Waals surface area contributed by atoms with Gasteiger partial charge in [-0.2, -0.15) is 0 Å². The topological polar surface area (TPSA) is 72.5 Å². The molecule has 0 heterocycles. The summed E-state index contributed by atoms with van der Waals surface area (Å²) in [5, 5.41) is 2.69. The van der Waals surface area contributed by atoms with Gasteiger partial charge in [0, 0.05) is 6.04 Å². The van der Waals surface area contributed by atoms with E-state index in [2.05, 4.69) is 10.1 Å². The Kier molecular flexibility index (Phi) is 5.05.